The maximum atomic E-state index is 14.3. The number of rotatable bonds is 5. The van der Waals surface area contributed by atoms with Crippen LogP contribution in [0.25, 0.3) is 0 Å². The normalized spacial score (nSPS) is 43.5. The number of ketones is 3. The van der Waals surface area contributed by atoms with Gasteiger partial charge in [0.2, 0.25) is 0 Å². The topological polar surface area (TPSA) is 158 Å². The summed E-state index contributed by atoms with van der Waals surface area (Å²) in [7, 11) is 0. The summed E-state index contributed by atoms with van der Waals surface area (Å²) < 4.78 is 5.21. The molecule has 0 saturated heterocycles. The summed E-state index contributed by atoms with van der Waals surface area (Å²) >= 11 is 0. The molecule has 0 unspecified atom stereocenters. The van der Waals surface area contributed by atoms with Gasteiger partial charge < -0.3 is 25.2 Å². The molecule has 4 N–H and O–H groups in total. The molecular weight excluding hydrogens is 528 g/mol. The highest BCUT2D eigenvalue weighted by atomic mass is 16.6. The van der Waals surface area contributed by atoms with Crippen molar-refractivity contribution in [2.75, 3.05) is 0 Å². The van der Waals surface area contributed by atoms with Gasteiger partial charge in [-0.25, -0.2) is 0 Å². The second-order valence-electron chi connectivity index (χ2n) is 14.9. The summed E-state index contributed by atoms with van der Waals surface area (Å²) in [5.41, 5.74) is -6.63. The van der Waals surface area contributed by atoms with Crippen molar-refractivity contribution in [2.45, 2.75) is 111 Å². The molecule has 0 radical (unpaired) electrons. The van der Waals surface area contributed by atoms with Gasteiger partial charge in [0.25, 0.3) is 0 Å². The van der Waals surface area contributed by atoms with Crippen molar-refractivity contribution in [3.63, 3.8) is 0 Å². The molecule has 0 aromatic carbocycles. The monoisotopic (exact) mass is 574 g/mol. The van der Waals surface area contributed by atoms with Crippen molar-refractivity contribution in [2.24, 2.45) is 39.4 Å². The number of carbonyl (C=O) groups is 4. The van der Waals surface area contributed by atoms with Gasteiger partial charge in [-0.05, 0) is 50.2 Å². The fraction of sp³-hybridized carbons (Fsp3) is 0.750. The van der Waals surface area contributed by atoms with Gasteiger partial charge in [0, 0.05) is 48.3 Å². The summed E-state index contributed by atoms with van der Waals surface area (Å²) in [5.74, 6) is -4.07. The Bertz CT molecular complexity index is 1240. The molecule has 0 aliphatic heterocycles. The Morgan fingerprint density at radius 3 is 2.17 bits per heavy atom. The van der Waals surface area contributed by atoms with E-state index in [0.29, 0.717) is 5.57 Å². The third kappa shape index (κ3) is 4.33. The Hall–Kier alpha value is -2.20. The molecule has 4 aliphatic rings. The summed E-state index contributed by atoms with van der Waals surface area (Å²) in [4.78, 5) is 52.2. The number of hydrogen-bond acceptors (Lipinski definition) is 9. The molecule has 0 spiro atoms. The first kappa shape index (κ1) is 31.7. The minimum Gasteiger partial charge on any atom is -0.456 e. The Morgan fingerprint density at radius 1 is 1.02 bits per heavy atom. The van der Waals surface area contributed by atoms with E-state index in [-0.39, 0.29) is 30.8 Å². The largest absolute Gasteiger partial charge is 0.456 e. The van der Waals surface area contributed by atoms with Gasteiger partial charge >= 0.3 is 5.97 Å². The first-order chi connectivity index (χ1) is 18.5. The predicted molar refractivity (Wildman–Crippen MR) is 149 cm³/mol. The molecule has 3 saturated carbocycles. The fourth-order valence-corrected chi connectivity index (χ4v) is 9.44. The van der Waals surface area contributed by atoms with Gasteiger partial charge in [0.05, 0.1) is 12.2 Å². The van der Waals surface area contributed by atoms with Crippen molar-refractivity contribution in [1.82, 2.24) is 0 Å². The Balaban J connectivity index is 1.79. The number of aliphatic hydroxyl groups excluding tert-OH is 3. The van der Waals surface area contributed by atoms with Crippen LogP contribution in [0.3, 0.4) is 0 Å². The van der Waals surface area contributed by atoms with Crippen LogP contribution in [0.15, 0.2) is 23.8 Å². The maximum Gasteiger partial charge on any atom is 0.303 e. The zero-order valence-corrected chi connectivity index (χ0v) is 25.6. The molecule has 9 heteroatoms. The Labute approximate surface area is 242 Å². The van der Waals surface area contributed by atoms with Gasteiger partial charge in [-0.1, -0.05) is 46.3 Å². The number of hydrogen-bond donors (Lipinski definition) is 4. The van der Waals surface area contributed by atoms with E-state index in [0.717, 1.165) is 6.08 Å². The van der Waals surface area contributed by atoms with Crippen LogP contribution in [-0.4, -0.2) is 73.3 Å². The van der Waals surface area contributed by atoms with Crippen molar-refractivity contribution < 1.29 is 44.3 Å². The molecule has 4 rings (SSSR count). The van der Waals surface area contributed by atoms with E-state index in [9.17, 15) is 39.6 Å². The number of fused-ring (bicyclic) bond motifs is 5. The van der Waals surface area contributed by atoms with Crippen LogP contribution in [0.2, 0.25) is 0 Å². The molecule has 0 aromatic heterocycles. The van der Waals surface area contributed by atoms with Gasteiger partial charge in [-0.2, -0.15) is 0 Å². The van der Waals surface area contributed by atoms with Crippen LogP contribution in [0.4, 0.5) is 0 Å². The first-order valence-corrected chi connectivity index (χ1v) is 14.5. The third-order valence-corrected chi connectivity index (χ3v) is 11.5. The molecule has 0 bridgehead atoms. The SMILES string of the molecule is CC(=O)OC(C)(C)/C=C/C(=O)[C@](C)(O)[C@H]1[C@H](O)C[C@@]2(C)[C@@H]3[C@@H](O)C=C4[C@@H](CC(=O)[C@H](O)C4(C)C)[C@]3(C)C(=O)C[C@]12C. The molecule has 41 heavy (non-hydrogen) atoms. The van der Waals surface area contributed by atoms with E-state index < -0.39 is 80.7 Å². The van der Waals surface area contributed by atoms with Crippen LogP contribution in [0, 0.1) is 39.4 Å². The molecule has 228 valence electrons. The quantitative estimate of drug-likeness (QED) is 0.220. The highest BCUT2D eigenvalue weighted by molar-refractivity contribution is 5.97. The van der Waals surface area contributed by atoms with Crippen molar-refractivity contribution in [3.8, 4) is 0 Å². The van der Waals surface area contributed by atoms with E-state index in [1.807, 2.05) is 6.92 Å². The molecule has 10 atom stereocenters. The smallest absolute Gasteiger partial charge is 0.303 e. The maximum absolute atomic E-state index is 14.3. The molecule has 0 amide bonds. The first-order valence-electron chi connectivity index (χ1n) is 14.5. The van der Waals surface area contributed by atoms with Crippen LogP contribution >= 0.6 is 0 Å². The molecule has 4 aliphatic carbocycles. The lowest BCUT2D eigenvalue weighted by atomic mass is 9.38. The summed E-state index contributed by atoms with van der Waals surface area (Å²) in [6.45, 7) is 14.8. The fourth-order valence-electron chi connectivity index (χ4n) is 9.44. The second-order valence-corrected chi connectivity index (χ2v) is 14.9. The standard InChI is InChI=1S/C32H46O9/c1-16(33)41-27(2,3)11-10-22(37)32(9,40)25-21(36)14-29(6)24-19(34)12-17-18(13-20(35)26(39)28(17,4)5)31(24,8)23(38)15-30(25,29)7/h10-12,18-19,21,24-26,34,36,39-40H,13-15H2,1-9H3/b11-10+/t18-,19+,21-,24+,25+,26+,29+,30-,31-,32+/m1/s1. The molecule has 0 heterocycles. The van der Waals surface area contributed by atoms with Crippen LogP contribution in [0.1, 0.15) is 81.6 Å². The lowest BCUT2D eigenvalue weighted by Crippen LogP contribution is -2.68. The van der Waals surface area contributed by atoms with E-state index in [1.54, 1.807) is 47.6 Å². The Morgan fingerprint density at radius 2 is 1.61 bits per heavy atom. The van der Waals surface area contributed by atoms with Crippen LogP contribution in [0.5, 0.6) is 0 Å². The number of Topliss-reactive ketones (excluding diaryl/α,β-unsaturated/α-hetero) is 2. The van der Waals surface area contributed by atoms with Crippen molar-refractivity contribution in [3.05, 3.63) is 23.8 Å². The number of esters is 1. The van der Waals surface area contributed by atoms with E-state index >= 15 is 0 Å². The number of ether oxygens (including phenoxy) is 1. The second kappa shape index (κ2) is 9.40. The van der Waals surface area contributed by atoms with Crippen LogP contribution < -0.4 is 0 Å². The van der Waals surface area contributed by atoms with Crippen molar-refractivity contribution in [1.29, 1.82) is 0 Å². The van der Waals surface area contributed by atoms with E-state index in [1.165, 1.54) is 19.9 Å². The molecule has 0 aromatic rings. The lowest BCUT2D eigenvalue weighted by molar-refractivity contribution is -0.195. The zero-order valence-electron chi connectivity index (χ0n) is 25.6. The van der Waals surface area contributed by atoms with Gasteiger partial charge in [0.15, 0.2) is 11.6 Å². The van der Waals surface area contributed by atoms with Gasteiger partial charge in [-0.15, -0.1) is 0 Å². The third-order valence-electron chi connectivity index (χ3n) is 11.5. The molecule has 9 nitrogen and oxygen atoms in total. The van der Waals surface area contributed by atoms with E-state index in [2.05, 4.69) is 0 Å². The zero-order chi connectivity index (χ0) is 31.3. The lowest BCUT2D eigenvalue weighted by Gasteiger charge is -2.65. The summed E-state index contributed by atoms with van der Waals surface area (Å²) in [5, 5.41) is 45.7. The molecular formula is C32H46O9. The highest BCUT2D eigenvalue weighted by Crippen LogP contribution is 2.74. The highest BCUT2D eigenvalue weighted by Gasteiger charge is 2.76. The van der Waals surface area contributed by atoms with Gasteiger partial charge in [-0.3, -0.25) is 19.2 Å². The number of aliphatic hydroxyl groups is 4. The Kier molecular flexibility index (Phi) is 7.27. The summed E-state index contributed by atoms with van der Waals surface area (Å²) in [6, 6.07) is 0. The average Bonchev–Trinajstić information content (AvgIpc) is 3.01. The van der Waals surface area contributed by atoms with Crippen molar-refractivity contribution >= 4 is 23.3 Å². The minimum absolute atomic E-state index is 0.0280. The van der Waals surface area contributed by atoms with Crippen LogP contribution in [-0.2, 0) is 23.9 Å². The average molecular weight is 575 g/mol. The summed E-state index contributed by atoms with van der Waals surface area (Å²) in [6.07, 6.45) is 0.709. The minimum atomic E-state index is -2.09. The predicted octanol–water partition coefficient (Wildman–Crippen LogP) is 2.47. The number of carbonyl (C=O) groups excluding carboxylic acids is 4. The molecule has 3 fully saturated rings. The van der Waals surface area contributed by atoms with Gasteiger partial charge in [0.1, 0.15) is 23.1 Å². The van der Waals surface area contributed by atoms with E-state index in [4.69, 9.17) is 4.74 Å².